The van der Waals surface area contributed by atoms with Gasteiger partial charge in [-0.3, -0.25) is 9.59 Å². The Morgan fingerprint density at radius 2 is 1.68 bits per heavy atom. The maximum absolute atomic E-state index is 12.2. The largest absolute Gasteiger partial charge is 0.465 e. The van der Waals surface area contributed by atoms with Crippen LogP contribution in [0.1, 0.15) is 39.5 Å². The lowest BCUT2D eigenvalue weighted by Crippen LogP contribution is -2.41. The third-order valence-corrected chi connectivity index (χ3v) is 3.10. The molecule has 0 N–H and O–H groups in total. The maximum Gasteiger partial charge on any atom is 0.324 e. The van der Waals surface area contributed by atoms with Crippen LogP contribution < -0.4 is 0 Å². The summed E-state index contributed by atoms with van der Waals surface area (Å²) in [6.07, 6.45) is 6.18. The van der Waals surface area contributed by atoms with E-state index in [0.29, 0.717) is 6.42 Å². The highest BCUT2D eigenvalue weighted by Crippen LogP contribution is 2.36. The lowest BCUT2D eigenvalue weighted by Gasteiger charge is -2.26. The van der Waals surface area contributed by atoms with Crippen molar-refractivity contribution < 1.29 is 19.1 Å². The van der Waals surface area contributed by atoms with Gasteiger partial charge in [-0.15, -0.1) is 6.58 Å². The predicted molar refractivity (Wildman–Crippen MR) is 72.4 cm³/mol. The second-order valence-corrected chi connectivity index (χ2v) is 4.58. The summed E-state index contributed by atoms with van der Waals surface area (Å²) in [5.41, 5.74) is 0.00522. The van der Waals surface area contributed by atoms with Crippen molar-refractivity contribution >= 4 is 11.9 Å². The molecule has 0 amide bonds. The van der Waals surface area contributed by atoms with Gasteiger partial charge in [0, 0.05) is 0 Å². The summed E-state index contributed by atoms with van der Waals surface area (Å²) in [6, 6.07) is 0. The molecular weight excluding hydrogens is 244 g/mol. The zero-order valence-electron chi connectivity index (χ0n) is 11.7. The summed E-state index contributed by atoms with van der Waals surface area (Å²) < 4.78 is 10.1. The van der Waals surface area contributed by atoms with Crippen molar-refractivity contribution in [1.29, 1.82) is 0 Å². The summed E-state index contributed by atoms with van der Waals surface area (Å²) in [5, 5.41) is 0. The van der Waals surface area contributed by atoms with Crippen LogP contribution in [0.15, 0.2) is 24.3 Å². The molecule has 0 aromatic heterocycles. The first-order valence-corrected chi connectivity index (χ1v) is 6.74. The van der Waals surface area contributed by atoms with Gasteiger partial charge in [0.1, 0.15) is 0 Å². The van der Waals surface area contributed by atoms with Crippen LogP contribution in [0.3, 0.4) is 0 Å². The van der Waals surface area contributed by atoms with Crippen LogP contribution in [0.25, 0.3) is 0 Å². The molecule has 0 heterocycles. The molecule has 0 unspecified atom stereocenters. The van der Waals surface area contributed by atoms with Gasteiger partial charge in [-0.25, -0.2) is 0 Å². The Kier molecular flexibility index (Phi) is 5.80. The molecule has 0 saturated heterocycles. The molecule has 4 nitrogen and oxygen atoms in total. The van der Waals surface area contributed by atoms with Gasteiger partial charge < -0.3 is 9.47 Å². The zero-order chi connectivity index (χ0) is 14.3. The molecule has 19 heavy (non-hydrogen) atoms. The molecule has 0 aromatic carbocycles. The highest BCUT2D eigenvalue weighted by molar-refractivity contribution is 6.00. The molecule has 0 aromatic rings. The lowest BCUT2D eigenvalue weighted by molar-refractivity contribution is -0.171. The van der Waals surface area contributed by atoms with E-state index in [2.05, 4.69) is 6.58 Å². The first-order chi connectivity index (χ1) is 9.10. The number of esters is 2. The molecule has 0 aliphatic heterocycles. The van der Waals surface area contributed by atoms with Crippen LogP contribution >= 0.6 is 0 Å². The Morgan fingerprint density at radius 3 is 2.05 bits per heavy atom. The number of carbonyl (C=O) groups is 2. The van der Waals surface area contributed by atoms with E-state index in [1.54, 1.807) is 19.9 Å². The number of carbonyl (C=O) groups excluding carboxylic acids is 2. The molecule has 0 spiro atoms. The van der Waals surface area contributed by atoms with E-state index >= 15 is 0 Å². The second kappa shape index (κ2) is 7.12. The highest BCUT2D eigenvalue weighted by atomic mass is 16.6. The Labute approximate surface area is 114 Å². The van der Waals surface area contributed by atoms with Crippen molar-refractivity contribution in [2.45, 2.75) is 39.5 Å². The monoisotopic (exact) mass is 266 g/mol. The molecule has 0 bridgehead atoms. The first kappa shape index (κ1) is 15.5. The van der Waals surface area contributed by atoms with Crippen molar-refractivity contribution in [2.24, 2.45) is 5.41 Å². The molecular formula is C15H22O4. The minimum atomic E-state index is -1.27. The Balaban J connectivity index is 2.99. The molecule has 1 aliphatic carbocycles. The summed E-state index contributed by atoms with van der Waals surface area (Å²) in [4.78, 5) is 24.4. The summed E-state index contributed by atoms with van der Waals surface area (Å²) in [7, 11) is 0. The number of hydrogen-bond donors (Lipinski definition) is 0. The van der Waals surface area contributed by atoms with E-state index in [9.17, 15) is 9.59 Å². The molecule has 1 fully saturated rings. The number of ether oxygens (including phenoxy) is 2. The molecule has 106 valence electrons. The van der Waals surface area contributed by atoms with E-state index in [4.69, 9.17) is 9.47 Å². The van der Waals surface area contributed by atoms with E-state index in [1.165, 1.54) is 5.57 Å². The standard InChI is InChI=1S/C15H22O4/c1-4-10-15(13(16)18-5-2,14(17)19-6-3)11-9-12-7-8-12/h4,9H,1,5-8,10-11H2,2-3H3. The Hall–Kier alpha value is -1.58. The quantitative estimate of drug-likeness (QED) is 0.385. The normalized spacial score (nSPS) is 13.7. The van der Waals surface area contributed by atoms with Crippen LogP contribution in [0, 0.1) is 5.41 Å². The van der Waals surface area contributed by atoms with Crippen molar-refractivity contribution in [3.63, 3.8) is 0 Å². The average Bonchev–Trinajstić information content (AvgIpc) is 3.19. The number of rotatable bonds is 8. The first-order valence-electron chi connectivity index (χ1n) is 6.74. The van der Waals surface area contributed by atoms with Gasteiger partial charge in [0.15, 0.2) is 5.41 Å². The van der Waals surface area contributed by atoms with Crippen molar-refractivity contribution in [2.75, 3.05) is 13.2 Å². The topological polar surface area (TPSA) is 52.6 Å². The molecule has 0 atom stereocenters. The smallest absolute Gasteiger partial charge is 0.324 e. The molecule has 1 aliphatic rings. The minimum Gasteiger partial charge on any atom is -0.465 e. The van der Waals surface area contributed by atoms with Crippen molar-refractivity contribution in [3.8, 4) is 0 Å². The van der Waals surface area contributed by atoms with Gasteiger partial charge in [0.05, 0.1) is 13.2 Å². The van der Waals surface area contributed by atoms with Crippen molar-refractivity contribution in [1.82, 2.24) is 0 Å². The highest BCUT2D eigenvalue weighted by Gasteiger charge is 2.47. The van der Waals surface area contributed by atoms with Crippen LogP contribution in [0.4, 0.5) is 0 Å². The Bertz CT molecular complexity index is 358. The molecule has 0 radical (unpaired) electrons. The number of allylic oxidation sites excluding steroid dienone is 3. The SMILES string of the molecule is C=CCC(CC=C1CC1)(C(=O)OCC)C(=O)OCC. The van der Waals surface area contributed by atoms with E-state index in [0.717, 1.165) is 12.8 Å². The van der Waals surface area contributed by atoms with Crippen molar-refractivity contribution in [3.05, 3.63) is 24.3 Å². The fourth-order valence-electron chi connectivity index (χ4n) is 1.88. The third-order valence-electron chi connectivity index (χ3n) is 3.10. The van der Waals surface area contributed by atoms with Crippen LogP contribution in [0.5, 0.6) is 0 Å². The third kappa shape index (κ3) is 3.94. The van der Waals surface area contributed by atoms with Gasteiger partial charge in [0.2, 0.25) is 0 Å². The second-order valence-electron chi connectivity index (χ2n) is 4.58. The fourth-order valence-corrected chi connectivity index (χ4v) is 1.88. The van der Waals surface area contributed by atoms with Crippen LogP contribution in [-0.2, 0) is 19.1 Å². The number of hydrogen-bond acceptors (Lipinski definition) is 4. The lowest BCUT2D eigenvalue weighted by atomic mass is 9.80. The Morgan fingerprint density at radius 1 is 1.16 bits per heavy atom. The summed E-state index contributed by atoms with van der Waals surface area (Å²) in [5.74, 6) is -1.04. The molecule has 1 saturated carbocycles. The van der Waals surface area contributed by atoms with Gasteiger partial charge >= 0.3 is 11.9 Å². The van der Waals surface area contributed by atoms with Gasteiger partial charge in [-0.1, -0.05) is 17.7 Å². The van der Waals surface area contributed by atoms with E-state index in [1.807, 2.05) is 6.08 Å². The van der Waals surface area contributed by atoms with Gasteiger partial charge in [0.25, 0.3) is 0 Å². The van der Waals surface area contributed by atoms with Gasteiger partial charge in [-0.2, -0.15) is 0 Å². The summed E-state index contributed by atoms with van der Waals surface area (Å²) in [6.45, 7) is 7.57. The molecule has 4 heteroatoms. The zero-order valence-corrected chi connectivity index (χ0v) is 11.7. The fraction of sp³-hybridized carbons (Fsp3) is 0.600. The van der Waals surface area contributed by atoms with E-state index in [-0.39, 0.29) is 19.6 Å². The average molecular weight is 266 g/mol. The van der Waals surface area contributed by atoms with Crippen LogP contribution in [-0.4, -0.2) is 25.2 Å². The maximum atomic E-state index is 12.2. The minimum absolute atomic E-state index is 0.231. The van der Waals surface area contributed by atoms with Gasteiger partial charge in [-0.05, 0) is 39.5 Å². The van der Waals surface area contributed by atoms with E-state index < -0.39 is 17.4 Å². The predicted octanol–water partition coefficient (Wildman–Crippen LogP) is 2.79. The van der Waals surface area contributed by atoms with Crippen LogP contribution in [0.2, 0.25) is 0 Å². The summed E-state index contributed by atoms with van der Waals surface area (Å²) >= 11 is 0. The molecule has 1 rings (SSSR count).